The van der Waals surface area contributed by atoms with Gasteiger partial charge in [-0.1, -0.05) is 5.57 Å². The van der Waals surface area contributed by atoms with Crippen LogP contribution in [0.1, 0.15) is 35.7 Å². The molecule has 0 unspecified atom stereocenters. The van der Waals surface area contributed by atoms with Crippen LogP contribution in [-0.4, -0.2) is 24.6 Å². The van der Waals surface area contributed by atoms with E-state index in [1.54, 1.807) is 19.2 Å². The molecule has 2 aromatic heterocycles. The van der Waals surface area contributed by atoms with E-state index in [0.29, 0.717) is 35.8 Å². The number of hydrogen-bond donors (Lipinski definition) is 2. The number of nitrogens with zero attached hydrogens (tertiary/aromatic N) is 1. The van der Waals surface area contributed by atoms with E-state index in [-0.39, 0.29) is 18.3 Å². The first-order chi connectivity index (χ1) is 14.0. The number of aromatic nitrogens is 1. The Balaban J connectivity index is 1.64. The molecule has 0 fully saturated rings. The number of fused-ring (bicyclic) bond motifs is 1. The molecule has 3 aromatic rings. The van der Waals surface area contributed by atoms with Gasteiger partial charge in [0.15, 0.2) is 0 Å². The molecule has 2 heterocycles. The van der Waals surface area contributed by atoms with Crippen molar-refractivity contribution in [2.45, 2.75) is 27.0 Å². The molecule has 29 heavy (non-hydrogen) atoms. The first-order valence-corrected chi connectivity index (χ1v) is 9.27. The molecule has 0 radical (unpaired) electrons. The molecule has 3 N–H and O–H groups in total. The van der Waals surface area contributed by atoms with E-state index in [9.17, 15) is 4.79 Å². The number of ether oxygens (including phenoxy) is 2. The number of methoxy groups -OCH3 is 1. The largest absolute Gasteiger partial charge is 0.489 e. The Morgan fingerprint density at radius 1 is 1.24 bits per heavy atom. The van der Waals surface area contributed by atoms with Gasteiger partial charge < -0.3 is 24.9 Å². The number of nitrogens with one attached hydrogen (secondary N) is 1. The molecule has 1 aromatic carbocycles. The van der Waals surface area contributed by atoms with Crippen molar-refractivity contribution in [1.82, 2.24) is 10.3 Å². The van der Waals surface area contributed by atoms with Crippen molar-refractivity contribution in [3.8, 4) is 5.75 Å². The molecule has 3 rings (SSSR count). The number of nitrogens with two attached hydrogens (primary N) is 1. The smallest absolute Gasteiger partial charge is 0.255 e. The Kier molecular flexibility index (Phi) is 6.51. The lowest BCUT2D eigenvalue weighted by Crippen LogP contribution is -2.24. The minimum atomic E-state index is -0.315. The van der Waals surface area contributed by atoms with Gasteiger partial charge in [0.1, 0.15) is 29.5 Å². The Hall–Kier alpha value is -3.32. The molecule has 7 nitrogen and oxygen atoms in total. The number of rotatable bonds is 8. The number of benzene rings is 1. The summed E-state index contributed by atoms with van der Waals surface area (Å²) in [6, 6.07) is 10.9. The van der Waals surface area contributed by atoms with Gasteiger partial charge in [-0.15, -0.1) is 0 Å². The zero-order valence-corrected chi connectivity index (χ0v) is 16.8. The zero-order valence-electron chi connectivity index (χ0n) is 16.8. The molecular weight excluding hydrogens is 370 g/mol. The lowest BCUT2D eigenvalue weighted by atomic mass is 10.2. The molecule has 7 heteroatoms. The van der Waals surface area contributed by atoms with E-state index in [4.69, 9.17) is 19.6 Å². The topological polar surface area (TPSA) is 99.6 Å². The first kappa shape index (κ1) is 20.4. The second-order valence-corrected chi connectivity index (χ2v) is 6.86. The number of hydrogen-bond acceptors (Lipinski definition) is 6. The maximum absolute atomic E-state index is 12.4. The fourth-order valence-corrected chi connectivity index (χ4v) is 2.75. The Labute approximate surface area is 169 Å². The highest BCUT2D eigenvalue weighted by Gasteiger charge is 2.13. The summed E-state index contributed by atoms with van der Waals surface area (Å²) < 4.78 is 16.5. The van der Waals surface area contributed by atoms with Crippen LogP contribution in [0.2, 0.25) is 0 Å². The zero-order chi connectivity index (χ0) is 20.8. The van der Waals surface area contributed by atoms with Crippen molar-refractivity contribution < 1.29 is 18.7 Å². The molecule has 0 saturated carbocycles. The van der Waals surface area contributed by atoms with E-state index in [0.717, 1.165) is 11.1 Å². The van der Waals surface area contributed by atoms with E-state index in [2.05, 4.69) is 10.3 Å². The minimum absolute atomic E-state index is 0.166. The number of carbonyl (C=O) groups excluding carboxylic acids is 1. The normalized spacial score (nSPS) is 10.7. The van der Waals surface area contributed by atoms with Crippen LogP contribution in [0.4, 0.5) is 5.82 Å². The highest BCUT2D eigenvalue weighted by atomic mass is 16.5. The number of pyridine rings is 1. The molecule has 0 aliphatic heterocycles. The van der Waals surface area contributed by atoms with Crippen molar-refractivity contribution in [2.75, 3.05) is 19.5 Å². The molecule has 152 valence electrons. The van der Waals surface area contributed by atoms with Crippen molar-refractivity contribution in [1.29, 1.82) is 0 Å². The number of amides is 1. The van der Waals surface area contributed by atoms with Gasteiger partial charge in [0.05, 0.1) is 24.4 Å². The summed E-state index contributed by atoms with van der Waals surface area (Å²) in [7, 11) is 1.57. The molecule has 0 atom stereocenters. The third kappa shape index (κ3) is 5.36. The van der Waals surface area contributed by atoms with Gasteiger partial charge in [-0.25, -0.2) is 4.98 Å². The predicted octanol–water partition coefficient (Wildman–Crippen LogP) is 3.83. The first-order valence-electron chi connectivity index (χ1n) is 9.27. The molecule has 0 bridgehead atoms. The summed E-state index contributed by atoms with van der Waals surface area (Å²) in [5.74, 6) is 1.22. The third-order valence-electron chi connectivity index (χ3n) is 4.23. The Bertz CT molecular complexity index is 1040. The number of nitrogen functional groups attached to an aromatic ring is 1. The average molecular weight is 395 g/mol. The van der Waals surface area contributed by atoms with Gasteiger partial charge >= 0.3 is 0 Å². The molecule has 0 aliphatic carbocycles. The van der Waals surface area contributed by atoms with Crippen molar-refractivity contribution >= 4 is 22.7 Å². The van der Waals surface area contributed by atoms with E-state index >= 15 is 0 Å². The number of anilines is 1. The maximum Gasteiger partial charge on any atom is 0.255 e. The SMILES string of the molecule is COCc1ccc(C(=O)NCc2cc3ccc(OCC=C(C)C)cc3o2)c(N)n1. The van der Waals surface area contributed by atoms with E-state index in [1.807, 2.05) is 44.2 Å². The molecule has 0 spiro atoms. The quantitative estimate of drug-likeness (QED) is 0.562. The highest BCUT2D eigenvalue weighted by molar-refractivity contribution is 5.98. The van der Waals surface area contributed by atoms with Crippen molar-refractivity contribution in [3.05, 3.63) is 65.1 Å². The second-order valence-electron chi connectivity index (χ2n) is 6.86. The number of furan rings is 1. The lowest BCUT2D eigenvalue weighted by Gasteiger charge is -2.07. The van der Waals surface area contributed by atoms with Crippen LogP contribution in [0.15, 0.2) is 52.5 Å². The fraction of sp³-hybridized carbons (Fsp3) is 0.273. The standard InChI is InChI=1S/C22H25N3O4/c1-14(2)8-9-28-17-6-4-15-10-18(29-20(15)11-17)12-24-22(26)19-7-5-16(13-27-3)25-21(19)23/h4-8,10-11H,9,12-13H2,1-3H3,(H2,23,25)(H,24,26). The third-order valence-corrected chi connectivity index (χ3v) is 4.23. The van der Waals surface area contributed by atoms with Gasteiger partial charge in [-0.05, 0) is 50.3 Å². The van der Waals surface area contributed by atoms with Gasteiger partial charge in [-0.3, -0.25) is 4.79 Å². The van der Waals surface area contributed by atoms with Gasteiger partial charge in [0, 0.05) is 18.6 Å². The minimum Gasteiger partial charge on any atom is -0.489 e. The van der Waals surface area contributed by atoms with Crippen LogP contribution in [0.25, 0.3) is 11.0 Å². The van der Waals surface area contributed by atoms with Crippen LogP contribution in [0, 0.1) is 0 Å². The fourth-order valence-electron chi connectivity index (χ4n) is 2.75. The van der Waals surface area contributed by atoms with Crippen molar-refractivity contribution in [2.24, 2.45) is 0 Å². The molecule has 1 amide bonds. The van der Waals surface area contributed by atoms with Crippen LogP contribution >= 0.6 is 0 Å². The summed E-state index contributed by atoms with van der Waals surface area (Å²) in [4.78, 5) is 16.6. The highest BCUT2D eigenvalue weighted by Crippen LogP contribution is 2.24. The van der Waals surface area contributed by atoms with Crippen LogP contribution in [0.5, 0.6) is 5.75 Å². The average Bonchev–Trinajstić information content (AvgIpc) is 3.08. The summed E-state index contributed by atoms with van der Waals surface area (Å²) in [5.41, 5.74) is 8.78. The Morgan fingerprint density at radius 2 is 2.07 bits per heavy atom. The summed E-state index contributed by atoms with van der Waals surface area (Å²) in [6.45, 7) is 5.14. The van der Waals surface area contributed by atoms with Crippen LogP contribution in [0.3, 0.4) is 0 Å². The predicted molar refractivity (Wildman–Crippen MR) is 112 cm³/mol. The number of allylic oxidation sites excluding steroid dienone is 1. The second kappa shape index (κ2) is 9.25. The lowest BCUT2D eigenvalue weighted by molar-refractivity contribution is 0.0948. The number of carbonyl (C=O) groups is 1. The Morgan fingerprint density at radius 3 is 2.79 bits per heavy atom. The molecule has 0 aliphatic rings. The van der Waals surface area contributed by atoms with Crippen LogP contribution in [-0.2, 0) is 17.9 Å². The maximum atomic E-state index is 12.4. The molecular formula is C22H25N3O4. The van der Waals surface area contributed by atoms with E-state index in [1.165, 1.54) is 5.57 Å². The monoisotopic (exact) mass is 395 g/mol. The molecule has 0 saturated heterocycles. The summed E-state index contributed by atoms with van der Waals surface area (Å²) in [6.07, 6.45) is 2.01. The van der Waals surface area contributed by atoms with Crippen LogP contribution < -0.4 is 15.8 Å². The van der Waals surface area contributed by atoms with E-state index < -0.39 is 0 Å². The van der Waals surface area contributed by atoms with Gasteiger partial charge in [0.25, 0.3) is 5.91 Å². The van der Waals surface area contributed by atoms with Crippen molar-refractivity contribution in [3.63, 3.8) is 0 Å². The summed E-state index contributed by atoms with van der Waals surface area (Å²) in [5, 5.41) is 3.75. The summed E-state index contributed by atoms with van der Waals surface area (Å²) >= 11 is 0. The van der Waals surface area contributed by atoms with Gasteiger partial charge in [0.2, 0.25) is 0 Å². The van der Waals surface area contributed by atoms with Gasteiger partial charge in [-0.2, -0.15) is 0 Å².